The maximum absolute atomic E-state index is 7.97. The molecule has 3 aromatic carbocycles. The van der Waals surface area contributed by atoms with Crippen molar-refractivity contribution in [1.29, 1.82) is 16.2 Å². The molecule has 0 bridgehead atoms. The van der Waals surface area contributed by atoms with Crippen LogP contribution in [-0.2, 0) is 4.74 Å². The molecule has 3 aromatic rings. The molecule has 0 atom stereocenters. The fourth-order valence-electron chi connectivity index (χ4n) is 9.27. The van der Waals surface area contributed by atoms with Crippen molar-refractivity contribution < 1.29 is 18.9 Å². The second-order valence-electron chi connectivity index (χ2n) is 19.2. The van der Waals surface area contributed by atoms with E-state index in [4.69, 9.17) is 67.4 Å². The number of hydrogen-bond acceptors (Lipinski definition) is 16. The maximum Gasteiger partial charge on any atom is 0.144 e. The lowest BCUT2D eigenvalue weighted by atomic mass is 9.96. The molecular weight excluding hydrogens is 965 g/mol. The Labute approximate surface area is 457 Å². The lowest BCUT2D eigenvalue weighted by Crippen LogP contribution is -2.36. The van der Waals surface area contributed by atoms with Crippen LogP contribution in [0.15, 0.2) is 121 Å². The van der Waals surface area contributed by atoms with Crippen LogP contribution in [0.2, 0.25) is 0 Å². The number of morpholine rings is 1. The summed E-state index contributed by atoms with van der Waals surface area (Å²) in [6.07, 6.45) is 14.8. The van der Waals surface area contributed by atoms with Crippen LogP contribution in [0.25, 0.3) is 0 Å². The summed E-state index contributed by atoms with van der Waals surface area (Å²) in [5.41, 5.74) is 36.3. The van der Waals surface area contributed by atoms with Gasteiger partial charge in [0, 0.05) is 57.5 Å². The number of nitrogens with zero attached hydrogens (tertiary/aromatic N) is 6. The predicted octanol–water partition coefficient (Wildman–Crippen LogP) is 12.7. The van der Waals surface area contributed by atoms with Crippen LogP contribution in [0, 0.1) is 16.2 Å². The largest absolute Gasteiger partial charge is 0.492 e. The molecule has 0 amide bonds. The number of rotatable bonds is 14. The molecule has 16 heteroatoms. The van der Waals surface area contributed by atoms with E-state index >= 15 is 0 Å². The molecule has 8 rings (SSSR count). The highest BCUT2D eigenvalue weighted by Gasteiger charge is 2.22. The molecule has 16 nitrogen and oxygen atoms in total. The third-order valence-electron chi connectivity index (χ3n) is 14.4. The standard InChI is InChI=1S/C21H28N4O.C20H26N4O2.C20H28N4O/c1-4-26-21-13-19(24-18-9-8-16(22)14(2)15(18)3)20(12-17(21)23)25-10-6-5-7-11-25;1-4-26-20-12-18(23-17-6-5-15(21)13(2)14(17)3)19(11-16(20)22)24-7-9-25-10-8-24;1-6-24(7-2)19-11-16(22)20(25-8-3)12-18(19)23-17-10-9-15(21)13(4)14(17)5/h8-9,12-13,22H,4-7,10-11,23H2,1-3H3;5-6,11-12,21H,4,7-10,22H2,1-3H3;9-12,21H,6-8,22H2,1-5H3. The zero-order valence-electron chi connectivity index (χ0n) is 47.4. The number of anilines is 6. The molecule has 5 aliphatic rings. The minimum atomic E-state index is 0.530. The topological polar surface area (TPSA) is 233 Å². The van der Waals surface area contributed by atoms with Crippen LogP contribution in [0.4, 0.5) is 51.2 Å². The number of nitrogens with one attached hydrogen (secondary N) is 3. The summed E-state index contributed by atoms with van der Waals surface area (Å²) in [4.78, 5) is 21.6. The minimum Gasteiger partial charge on any atom is -0.492 e. The molecule has 9 N–H and O–H groups in total. The molecule has 2 fully saturated rings. The second-order valence-corrected chi connectivity index (χ2v) is 19.2. The zero-order valence-corrected chi connectivity index (χ0v) is 47.4. The van der Waals surface area contributed by atoms with Gasteiger partial charge in [0.25, 0.3) is 0 Å². The summed E-state index contributed by atoms with van der Waals surface area (Å²) in [6.45, 7) is 30.4. The molecule has 3 aliphatic carbocycles. The highest BCUT2D eigenvalue weighted by molar-refractivity contribution is 6.25. The fraction of sp³-hybridized carbons (Fsp3) is 0.410. The van der Waals surface area contributed by atoms with Crippen LogP contribution in [0.1, 0.15) is 95.4 Å². The van der Waals surface area contributed by atoms with E-state index in [0.29, 0.717) is 84.5 Å². The number of benzene rings is 3. The molecule has 2 heterocycles. The van der Waals surface area contributed by atoms with Crippen molar-refractivity contribution in [2.75, 3.05) is 104 Å². The lowest BCUT2D eigenvalue weighted by molar-refractivity contribution is 0.123. The van der Waals surface area contributed by atoms with E-state index in [2.05, 4.69) is 28.5 Å². The number of hydrogen-bond donors (Lipinski definition) is 6. The molecule has 0 radical (unpaired) electrons. The van der Waals surface area contributed by atoms with Gasteiger partial charge in [-0.3, -0.25) is 0 Å². The third-order valence-corrected chi connectivity index (χ3v) is 14.4. The Kier molecular flexibility index (Phi) is 20.8. The molecule has 77 heavy (non-hydrogen) atoms. The average molecular weight is 1050 g/mol. The number of nitrogen functional groups attached to an aromatic ring is 3. The SMILES string of the molecule is CCOc1cc(N=C2C=CC(=N)C(C)=C2C)c(N(CC)CC)cc1N.CCOc1cc(N=C2C=CC(=N)C(C)=C2C)c(N2CCCCC2)cc1N.CCOc1cc(N=C2C=CC(=N)C(C)=C2C)c(N2CCOCC2)cc1N. The van der Waals surface area contributed by atoms with Gasteiger partial charge in [0.15, 0.2) is 0 Å². The van der Waals surface area contributed by atoms with E-state index in [-0.39, 0.29) is 0 Å². The van der Waals surface area contributed by atoms with Gasteiger partial charge in [-0.15, -0.1) is 0 Å². The summed E-state index contributed by atoms with van der Waals surface area (Å²) in [5.74, 6) is 1.98. The highest BCUT2D eigenvalue weighted by atomic mass is 16.5. The van der Waals surface area contributed by atoms with E-state index in [1.807, 2.05) is 123 Å². The first-order valence-corrected chi connectivity index (χ1v) is 27.1. The van der Waals surface area contributed by atoms with Gasteiger partial charge < -0.3 is 67.1 Å². The number of nitrogens with two attached hydrogens (primary N) is 3. The summed E-state index contributed by atoms with van der Waals surface area (Å²) in [6, 6.07) is 11.7. The smallest absolute Gasteiger partial charge is 0.144 e. The van der Waals surface area contributed by atoms with Crippen LogP contribution in [0.5, 0.6) is 17.2 Å². The van der Waals surface area contributed by atoms with Crippen molar-refractivity contribution in [1.82, 2.24) is 0 Å². The molecule has 0 aromatic heterocycles. The Bertz CT molecular complexity index is 2860. The second kappa shape index (κ2) is 27.4. The number of ether oxygens (including phenoxy) is 4. The van der Waals surface area contributed by atoms with Crippen molar-refractivity contribution in [2.24, 2.45) is 15.0 Å². The summed E-state index contributed by atoms with van der Waals surface area (Å²) in [7, 11) is 0. The van der Waals surface area contributed by atoms with Crippen molar-refractivity contribution in [3.05, 3.63) is 106 Å². The Morgan fingerprint density at radius 1 is 0.468 bits per heavy atom. The van der Waals surface area contributed by atoms with E-state index in [9.17, 15) is 0 Å². The van der Waals surface area contributed by atoms with Gasteiger partial charge in [0.2, 0.25) is 0 Å². The first-order chi connectivity index (χ1) is 36.9. The van der Waals surface area contributed by atoms with Crippen LogP contribution in [-0.4, -0.2) is 107 Å². The summed E-state index contributed by atoms with van der Waals surface area (Å²) < 4.78 is 22.5. The van der Waals surface area contributed by atoms with Crippen molar-refractivity contribution in [3.63, 3.8) is 0 Å². The predicted molar refractivity (Wildman–Crippen MR) is 326 cm³/mol. The third kappa shape index (κ3) is 14.4. The molecule has 410 valence electrons. The Morgan fingerprint density at radius 3 is 1.19 bits per heavy atom. The van der Waals surface area contributed by atoms with Gasteiger partial charge >= 0.3 is 0 Å². The molecule has 0 unspecified atom stereocenters. The van der Waals surface area contributed by atoms with Crippen LogP contribution < -0.4 is 46.1 Å². The zero-order chi connectivity index (χ0) is 55.9. The van der Waals surface area contributed by atoms with Gasteiger partial charge in [0.1, 0.15) is 17.2 Å². The fourth-order valence-corrected chi connectivity index (χ4v) is 9.27. The van der Waals surface area contributed by atoms with Crippen molar-refractivity contribution in [3.8, 4) is 17.2 Å². The molecule has 0 spiro atoms. The summed E-state index contributed by atoms with van der Waals surface area (Å²) in [5, 5.41) is 23.9. The molecule has 0 saturated carbocycles. The number of allylic oxidation sites excluding steroid dienone is 12. The first kappa shape index (κ1) is 58.5. The van der Waals surface area contributed by atoms with E-state index in [0.717, 1.165) is 124 Å². The van der Waals surface area contributed by atoms with Crippen molar-refractivity contribution >= 4 is 85.5 Å². The molecule has 2 saturated heterocycles. The Morgan fingerprint density at radius 2 is 0.818 bits per heavy atom. The normalized spacial score (nSPS) is 18.3. The quantitative estimate of drug-likeness (QED) is 0.0660. The van der Waals surface area contributed by atoms with Crippen LogP contribution >= 0.6 is 0 Å². The molecule has 2 aliphatic heterocycles. The van der Waals surface area contributed by atoms with Gasteiger partial charge in [-0.2, -0.15) is 0 Å². The monoisotopic (exact) mass is 1050 g/mol. The van der Waals surface area contributed by atoms with Crippen LogP contribution in [0.3, 0.4) is 0 Å². The first-order valence-electron chi connectivity index (χ1n) is 27.1. The Balaban J connectivity index is 0.000000187. The van der Waals surface area contributed by atoms with E-state index < -0.39 is 0 Å². The minimum absolute atomic E-state index is 0.530. The van der Waals surface area contributed by atoms with Gasteiger partial charge in [0.05, 0.1) is 118 Å². The lowest BCUT2D eigenvalue weighted by Gasteiger charge is -2.30. The van der Waals surface area contributed by atoms with Gasteiger partial charge in [-0.25, -0.2) is 15.0 Å². The number of aliphatic imine (C=N–C) groups is 3. The Hall–Kier alpha value is -7.72. The van der Waals surface area contributed by atoms with E-state index in [1.54, 1.807) is 12.2 Å². The maximum atomic E-state index is 7.97. The summed E-state index contributed by atoms with van der Waals surface area (Å²) >= 11 is 0. The van der Waals surface area contributed by atoms with E-state index in [1.165, 1.54) is 19.3 Å². The van der Waals surface area contributed by atoms with Gasteiger partial charge in [-0.05, 0) is 184 Å². The van der Waals surface area contributed by atoms with Gasteiger partial charge in [-0.1, -0.05) is 0 Å². The highest BCUT2D eigenvalue weighted by Crippen LogP contribution is 2.42. The van der Waals surface area contributed by atoms with Crippen molar-refractivity contribution in [2.45, 2.75) is 95.4 Å². The average Bonchev–Trinajstić information content (AvgIpc) is 3.43. The number of piperidine rings is 1. The molecular formula is C61H82N12O4.